The second kappa shape index (κ2) is 36.2. The molecule has 10 heavy (non-hydrogen) atoms. The molecule has 1 nitrogen and oxygen atoms in total. The summed E-state index contributed by atoms with van der Waals surface area (Å²) in [5.74, 6) is 0. The zero-order valence-electron chi connectivity index (χ0n) is 8.28. The van der Waals surface area contributed by atoms with E-state index in [2.05, 4.69) is 20.8 Å². The van der Waals surface area contributed by atoms with E-state index in [9.17, 15) is 0 Å². The van der Waals surface area contributed by atoms with Crippen LogP contribution in [0.2, 0.25) is 0 Å². The molecule has 0 bridgehead atoms. The highest BCUT2D eigenvalue weighted by Crippen LogP contribution is 1.78. The summed E-state index contributed by atoms with van der Waals surface area (Å²) < 4.78 is 0. The van der Waals surface area contributed by atoms with Gasteiger partial charge in [0.15, 0.2) is 0 Å². The first-order chi connectivity index (χ1) is 4.83. The first kappa shape index (κ1) is 16.5. The monoisotopic (exact) mass is 148 g/mol. The van der Waals surface area contributed by atoms with Crippen LogP contribution in [0, 0.1) is 0 Å². The maximum absolute atomic E-state index is 8.07. The number of hydrogen-bond acceptors (Lipinski definition) is 1. The van der Waals surface area contributed by atoms with Crippen LogP contribution >= 0.6 is 0 Å². The first-order valence-corrected chi connectivity index (χ1v) is 4.44. The lowest BCUT2D eigenvalue weighted by atomic mass is 10.4. The summed E-state index contributed by atoms with van der Waals surface area (Å²) in [6.07, 6.45) is 3.29. The molecule has 0 aromatic carbocycles. The highest BCUT2D eigenvalue weighted by Gasteiger charge is 1.69. The summed E-state index contributed by atoms with van der Waals surface area (Å²) in [7, 11) is 0. The molecule has 0 spiro atoms. The molecule has 0 heterocycles. The van der Waals surface area contributed by atoms with Gasteiger partial charge in [-0.05, 0) is 6.42 Å². The Morgan fingerprint density at radius 1 is 1.00 bits per heavy atom. The Morgan fingerprint density at radius 3 is 1.30 bits per heavy atom. The van der Waals surface area contributed by atoms with Crippen LogP contribution in [0.25, 0.3) is 0 Å². The van der Waals surface area contributed by atoms with Crippen molar-refractivity contribution in [2.45, 2.75) is 53.9 Å². The second-order valence-electron chi connectivity index (χ2n) is 1.78. The Kier molecular flexibility index (Phi) is 59.8. The molecule has 1 N–H and O–H groups in total. The van der Waals surface area contributed by atoms with Gasteiger partial charge in [0.05, 0.1) is 0 Å². The van der Waals surface area contributed by atoms with Gasteiger partial charge >= 0.3 is 0 Å². The Balaban J connectivity index is -0.0000000847. The van der Waals surface area contributed by atoms with E-state index in [0.717, 1.165) is 12.8 Å². The molecule has 0 atom stereocenters. The average Bonchev–Trinajstić information content (AvgIpc) is 1.96. The van der Waals surface area contributed by atoms with Gasteiger partial charge in [-0.2, -0.15) is 0 Å². The van der Waals surface area contributed by atoms with Gasteiger partial charge in [0.25, 0.3) is 0 Å². The van der Waals surface area contributed by atoms with E-state index in [0.29, 0.717) is 6.61 Å². The van der Waals surface area contributed by atoms with Gasteiger partial charge in [0.2, 0.25) is 0 Å². The molecule has 0 aliphatic rings. The Labute approximate surface area is 66.5 Å². The van der Waals surface area contributed by atoms with Crippen molar-refractivity contribution in [3.8, 4) is 0 Å². The third-order valence-corrected chi connectivity index (χ3v) is 0.512. The number of unbranched alkanes of at least 4 members (excludes halogenated alkanes) is 1. The fraction of sp³-hybridized carbons (Fsp3) is 1.00. The van der Waals surface area contributed by atoms with E-state index in [-0.39, 0.29) is 0 Å². The molecule has 0 aliphatic heterocycles. The van der Waals surface area contributed by atoms with Crippen LogP contribution in [-0.2, 0) is 0 Å². The standard InChI is InChI=1S/C4H10O.C3H8.C2H6/c1-2-3-4-5;1-3-2;1-2/h5H,2-4H2,1H3;3H2,1-2H3;1-2H3. The van der Waals surface area contributed by atoms with Gasteiger partial charge in [0, 0.05) is 6.61 Å². The summed E-state index contributed by atoms with van der Waals surface area (Å²) in [5.41, 5.74) is 0. The maximum Gasteiger partial charge on any atom is 0.0430 e. The van der Waals surface area contributed by atoms with E-state index < -0.39 is 0 Å². The Morgan fingerprint density at radius 2 is 1.30 bits per heavy atom. The van der Waals surface area contributed by atoms with Crippen LogP contribution in [0.4, 0.5) is 0 Å². The molecule has 0 aliphatic carbocycles. The van der Waals surface area contributed by atoms with Crippen LogP contribution in [0.3, 0.4) is 0 Å². The van der Waals surface area contributed by atoms with Crippen molar-refractivity contribution in [3.63, 3.8) is 0 Å². The van der Waals surface area contributed by atoms with Gasteiger partial charge in [-0.15, -0.1) is 0 Å². The second-order valence-corrected chi connectivity index (χ2v) is 1.78. The third kappa shape index (κ3) is 100. The molecule has 0 saturated carbocycles. The molecular weight excluding hydrogens is 124 g/mol. The van der Waals surface area contributed by atoms with Crippen molar-refractivity contribution < 1.29 is 5.11 Å². The van der Waals surface area contributed by atoms with Crippen LogP contribution in [0.5, 0.6) is 0 Å². The van der Waals surface area contributed by atoms with Crippen molar-refractivity contribution in [2.75, 3.05) is 6.61 Å². The molecule has 0 unspecified atom stereocenters. The van der Waals surface area contributed by atoms with Crippen molar-refractivity contribution in [1.29, 1.82) is 0 Å². The van der Waals surface area contributed by atoms with Crippen LogP contribution in [-0.4, -0.2) is 11.7 Å². The summed E-state index contributed by atoms with van der Waals surface area (Å²) in [6.45, 7) is 10.6. The van der Waals surface area contributed by atoms with E-state index in [1.807, 2.05) is 13.8 Å². The molecule has 0 amide bonds. The predicted octanol–water partition coefficient (Wildman–Crippen LogP) is 3.22. The van der Waals surface area contributed by atoms with Crippen LogP contribution in [0.1, 0.15) is 53.9 Å². The lowest BCUT2D eigenvalue weighted by Gasteiger charge is -1.79. The summed E-state index contributed by atoms with van der Waals surface area (Å²) in [4.78, 5) is 0. The predicted molar refractivity (Wildman–Crippen MR) is 49.3 cm³/mol. The van der Waals surface area contributed by atoms with Crippen molar-refractivity contribution in [3.05, 3.63) is 0 Å². The van der Waals surface area contributed by atoms with Gasteiger partial charge < -0.3 is 5.11 Å². The van der Waals surface area contributed by atoms with Gasteiger partial charge in [0.1, 0.15) is 0 Å². The van der Waals surface area contributed by atoms with Gasteiger partial charge in [-0.25, -0.2) is 0 Å². The smallest absolute Gasteiger partial charge is 0.0430 e. The minimum absolute atomic E-state index is 0.344. The van der Waals surface area contributed by atoms with E-state index in [1.165, 1.54) is 6.42 Å². The highest BCUT2D eigenvalue weighted by atomic mass is 16.2. The maximum atomic E-state index is 8.07. The average molecular weight is 148 g/mol. The summed E-state index contributed by atoms with van der Waals surface area (Å²) in [5, 5.41) is 8.07. The quantitative estimate of drug-likeness (QED) is 0.637. The molecule has 0 rings (SSSR count). The lowest BCUT2D eigenvalue weighted by molar-refractivity contribution is 0.287. The molecule has 1 heteroatoms. The van der Waals surface area contributed by atoms with E-state index in [1.54, 1.807) is 0 Å². The number of hydrogen-bond donors (Lipinski definition) is 1. The largest absolute Gasteiger partial charge is 0.396 e. The SMILES string of the molecule is CC.CCC.CCCCO. The molecule has 66 valence electrons. The molecular formula is C9H24O. The summed E-state index contributed by atoms with van der Waals surface area (Å²) in [6, 6.07) is 0. The molecule has 0 aromatic heterocycles. The number of rotatable bonds is 2. The Hall–Kier alpha value is -0.0400. The van der Waals surface area contributed by atoms with Crippen molar-refractivity contribution >= 4 is 0 Å². The van der Waals surface area contributed by atoms with E-state index in [4.69, 9.17) is 5.11 Å². The molecule has 0 saturated heterocycles. The van der Waals surface area contributed by atoms with Gasteiger partial charge in [-0.3, -0.25) is 0 Å². The fourth-order valence-corrected chi connectivity index (χ4v) is 0.158. The minimum atomic E-state index is 0.344. The lowest BCUT2D eigenvalue weighted by Crippen LogP contribution is -1.75. The molecule has 0 aromatic rings. The fourth-order valence-electron chi connectivity index (χ4n) is 0.158. The zero-order chi connectivity index (χ0) is 8.83. The van der Waals surface area contributed by atoms with Gasteiger partial charge in [-0.1, -0.05) is 47.5 Å². The molecule has 0 fully saturated rings. The number of aliphatic hydroxyl groups is 1. The third-order valence-electron chi connectivity index (χ3n) is 0.512. The highest BCUT2D eigenvalue weighted by molar-refractivity contribution is 4.23. The minimum Gasteiger partial charge on any atom is -0.396 e. The van der Waals surface area contributed by atoms with Crippen molar-refractivity contribution in [2.24, 2.45) is 0 Å². The topological polar surface area (TPSA) is 20.2 Å². The van der Waals surface area contributed by atoms with E-state index >= 15 is 0 Å². The Bertz CT molecular complexity index is 18.7. The van der Waals surface area contributed by atoms with Crippen molar-refractivity contribution in [1.82, 2.24) is 0 Å². The molecule has 0 radical (unpaired) electrons. The van der Waals surface area contributed by atoms with Crippen LogP contribution in [0.15, 0.2) is 0 Å². The normalized spacial score (nSPS) is 6.60. The van der Waals surface area contributed by atoms with Crippen LogP contribution < -0.4 is 0 Å². The number of aliphatic hydroxyl groups excluding tert-OH is 1. The zero-order valence-corrected chi connectivity index (χ0v) is 8.28. The summed E-state index contributed by atoms with van der Waals surface area (Å²) >= 11 is 0. The first-order valence-electron chi connectivity index (χ1n) is 4.44.